The molecule has 0 bridgehead atoms. The van der Waals surface area contributed by atoms with Gasteiger partial charge < -0.3 is 24.4 Å². The third-order valence-electron chi connectivity index (χ3n) is 2.29. The zero-order valence-corrected chi connectivity index (χ0v) is 11.2. The zero-order valence-electron chi connectivity index (χ0n) is 11.2. The van der Waals surface area contributed by atoms with Gasteiger partial charge in [0.2, 0.25) is 0 Å². The van der Waals surface area contributed by atoms with Crippen LogP contribution >= 0.6 is 0 Å². The van der Waals surface area contributed by atoms with Crippen molar-refractivity contribution in [1.29, 1.82) is 0 Å². The summed E-state index contributed by atoms with van der Waals surface area (Å²) in [5.41, 5.74) is 0.610. The van der Waals surface area contributed by atoms with E-state index in [2.05, 4.69) is 4.74 Å². The lowest BCUT2D eigenvalue weighted by Crippen LogP contribution is -2.04. The van der Waals surface area contributed by atoms with Gasteiger partial charge in [0.1, 0.15) is 24.7 Å². The van der Waals surface area contributed by atoms with Gasteiger partial charge >= 0.3 is 5.97 Å². The summed E-state index contributed by atoms with van der Waals surface area (Å²) in [7, 11) is 1.29. The molecule has 6 heteroatoms. The van der Waals surface area contributed by atoms with Gasteiger partial charge in [-0.15, -0.1) is 0 Å². The molecule has 0 amide bonds. The van der Waals surface area contributed by atoms with Crippen LogP contribution in [0, 0.1) is 0 Å². The highest BCUT2D eigenvalue weighted by atomic mass is 16.5. The standard InChI is InChI=1S/C14H18O6/c1-18-14(17)5-2-11-10-12(19-8-6-15)3-4-13(11)20-9-7-16/h2-5,10,15-16H,6-9H2,1H3. The molecule has 1 aromatic carbocycles. The van der Waals surface area contributed by atoms with Crippen LogP contribution in [0.1, 0.15) is 5.56 Å². The molecule has 0 saturated carbocycles. The third kappa shape index (κ3) is 5.29. The van der Waals surface area contributed by atoms with Crippen molar-refractivity contribution in [1.82, 2.24) is 0 Å². The highest BCUT2D eigenvalue weighted by molar-refractivity contribution is 5.87. The largest absolute Gasteiger partial charge is 0.491 e. The SMILES string of the molecule is COC(=O)C=Cc1cc(OCCO)ccc1OCCO. The Hall–Kier alpha value is -2.05. The average molecular weight is 282 g/mol. The van der Waals surface area contributed by atoms with Crippen LogP contribution in [0.2, 0.25) is 0 Å². The molecular weight excluding hydrogens is 264 g/mol. The van der Waals surface area contributed by atoms with E-state index in [9.17, 15) is 4.79 Å². The normalized spacial score (nSPS) is 10.6. The second-order valence-electron chi connectivity index (χ2n) is 3.70. The molecular formula is C14H18O6. The highest BCUT2D eigenvalue weighted by Gasteiger charge is 2.05. The maximum Gasteiger partial charge on any atom is 0.330 e. The average Bonchev–Trinajstić information content (AvgIpc) is 2.49. The first-order valence-electron chi connectivity index (χ1n) is 6.08. The molecule has 110 valence electrons. The number of ether oxygens (including phenoxy) is 3. The fourth-order valence-electron chi connectivity index (χ4n) is 1.42. The predicted molar refractivity (Wildman–Crippen MR) is 72.7 cm³/mol. The number of benzene rings is 1. The summed E-state index contributed by atoms with van der Waals surface area (Å²) >= 11 is 0. The molecule has 20 heavy (non-hydrogen) atoms. The van der Waals surface area contributed by atoms with Crippen molar-refractivity contribution >= 4 is 12.0 Å². The first-order valence-corrected chi connectivity index (χ1v) is 6.08. The molecule has 0 atom stereocenters. The van der Waals surface area contributed by atoms with Crippen LogP contribution in [0.4, 0.5) is 0 Å². The molecule has 0 fully saturated rings. The predicted octanol–water partition coefficient (Wildman–Crippen LogP) is 0.615. The van der Waals surface area contributed by atoms with Gasteiger partial charge in [-0.3, -0.25) is 0 Å². The molecule has 6 nitrogen and oxygen atoms in total. The van der Waals surface area contributed by atoms with Gasteiger partial charge in [-0.25, -0.2) is 4.79 Å². The number of hydrogen-bond donors (Lipinski definition) is 2. The van der Waals surface area contributed by atoms with Crippen LogP contribution in [-0.2, 0) is 9.53 Å². The minimum absolute atomic E-state index is 0.0872. The monoisotopic (exact) mass is 282 g/mol. The fraction of sp³-hybridized carbons (Fsp3) is 0.357. The van der Waals surface area contributed by atoms with Crippen LogP contribution in [-0.4, -0.2) is 49.7 Å². The van der Waals surface area contributed by atoms with E-state index in [1.165, 1.54) is 19.3 Å². The molecule has 0 aliphatic heterocycles. The van der Waals surface area contributed by atoms with Crippen molar-refractivity contribution in [3.63, 3.8) is 0 Å². The fourth-order valence-corrected chi connectivity index (χ4v) is 1.42. The number of esters is 1. The van der Waals surface area contributed by atoms with E-state index >= 15 is 0 Å². The van der Waals surface area contributed by atoms with E-state index in [1.807, 2.05) is 0 Å². The maximum absolute atomic E-state index is 11.1. The Bertz CT molecular complexity index is 455. The Balaban J connectivity index is 2.92. The molecule has 2 N–H and O–H groups in total. The molecule has 0 aliphatic carbocycles. The summed E-state index contributed by atoms with van der Waals surface area (Å²) in [4.78, 5) is 11.1. The molecule has 0 radical (unpaired) electrons. The molecule has 0 saturated heterocycles. The molecule has 0 aliphatic rings. The molecule has 0 unspecified atom stereocenters. The molecule has 1 rings (SSSR count). The van der Waals surface area contributed by atoms with Gasteiger partial charge in [0.05, 0.1) is 20.3 Å². The Morgan fingerprint density at radius 1 is 1.20 bits per heavy atom. The summed E-state index contributed by atoms with van der Waals surface area (Å²) in [6.07, 6.45) is 2.79. The summed E-state index contributed by atoms with van der Waals surface area (Å²) < 4.78 is 15.2. The summed E-state index contributed by atoms with van der Waals surface area (Å²) in [5.74, 6) is 0.565. The van der Waals surface area contributed by atoms with E-state index in [-0.39, 0.29) is 26.4 Å². The van der Waals surface area contributed by atoms with Crippen LogP contribution in [0.15, 0.2) is 24.3 Å². The Kier molecular flexibility index (Phi) is 7.16. The van der Waals surface area contributed by atoms with Crippen molar-refractivity contribution in [2.24, 2.45) is 0 Å². The van der Waals surface area contributed by atoms with Gasteiger partial charge in [0.25, 0.3) is 0 Å². The van der Waals surface area contributed by atoms with Crippen molar-refractivity contribution in [3.05, 3.63) is 29.8 Å². The van der Waals surface area contributed by atoms with Gasteiger partial charge in [0.15, 0.2) is 0 Å². The molecule has 0 spiro atoms. The van der Waals surface area contributed by atoms with Crippen LogP contribution < -0.4 is 9.47 Å². The highest BCUT2D eigenvalue weighted by Crippen LogP contribution is 2.25. The number of rotatable bonds is 8. The van der Waals surface area contributed by atoms with Gasteiger partial charge in [-0.1, -0.05) is 0 Å². The molecule has 0 heterocycles. The minimum atomic E-state index is -0.486. The van der Waals surface area contributed by atoms with E-state index in [4.69, 9.17) is 19.7 Å². The van der Waals surface area contributed by atoms with Crippen LogP contribution in [0.25, 0.3) is 6.08 Å². The zero-order chi connectivity index (χ0) is 14.8. The second kappa shape index (κ2) is 8.95. The number of carbonyl (C=O) groups is 1. The lowest BCUT2D eigenvalue weighted by molar-refractivity contribution is -0.134. The number of carbonyl (C=O) groups excluding carboxylic acids is 1. The quantitative estimate of drug-likeness (QED) is 0.537. The van der Waals surface area contributed by atoms with Crippen LogP contribution in [0.3, 0.4) is 0 Å². The Morgan fingerprint density at radius 2 is 1.90 bits per heavy atom. The third-order valence-corrected chi connectivity index (χ3v) is 2.29. The van der Waals surface area contributed by atoms with Crippen molar-refractivity contribution < 1.29 is 29.2 Å². The van der Waals surface area contributed by atoms with E-state index < -0.39 is 5.97 Å². The Labute approximate surface area is 117 Å². The number of aliphatic hydroxyl groups is 2. The first-order chi connectivity index (χ1) is 9.71. The molecule has 0 aromatic heterocycles. The summed E-state index contributed by atoms with van der Waals surface area (Å²) in [5, 5.41) is 17.5. The smallest absolute Gasteiger partial charge is 0.330 e. The maximum atomic E-state index is 11.1. The van der Waals surface area contributed by atoms with Crippen molar-refractivity contribution in [2.75, 3.05) is 33.5 Å². The topological polar surface area (TPSA) is 85.2 Å². The van der Waals surface area contributed by atoms with E-state index in [0.29, 0.717) is 17.1 Å². The van der Waals surface area contributed by atoms with Gasteiger partial charge in [-0.2, -0.15) is 0 Å². The lowest BCUT2D eigenvalue weighted by atomic mass is 10.1. The van der Waals surface area contributed by atoms with Crippen LogP contribution in [0.5, 0.6) is 11.5 Å². The number of methoxy groups -OCH3 is 1. The first kappa shape index (κ1) is 16.0. The van der Waals surface area contributed by atoms with Gasteiger partial charge in [-0.05, 0) is 24.3 Å². The number of hydrogen-bond acceptors (Lipinski definition) is 6. The summed E-state index contributed by atoms with van der Waals surface area (Å²) in [6.45, 7) is 0.131. The minimum Gasteiger partial charge on any atom is -0.491 e. The van der Waals surface area contributed by atoms with E-state index in [0.717, 1.165) is 0 Å². The van der Waals surface area contributed by atoms with E-state index in [1.54, 1.807) is 18.2 Å². The van der Waals surface area contributed by atoms with Crippen molar-refractivity contribution in [3.8, 4) is 11.5 Å². The Morgan fingerprint density at radius 3 is 2.55 bits per heavy atom. The number of aliphatic hydroxyl groups excluding tert-OH is 2. The molecule has 1 aromatic rings. The summed E-state index contributed by atoms with van der Waals surface area (Å²) in [6, 6.07) is 5.01. The second-order valence-corrected chi connectivity index (χ2v) is 3.70. The lowest BCUT2D eigenvalue weighted by Gasteiger charge is -2.10. The van der Waals surface area contributed by atoms with Gasteiger partial charge in [0, 0.05) is 11.6 Å². The van der Waals surface area contributed by atoms with Crippen molar-refractivity contribution in [2.45, 2.75) is 0 Å².